The number of hydrogen-bond acceptors (Lipinski definition) is 8. The van der Waals surface area contributed by atoms with E-state index < -0.39 is 22.9 Å². The molecule has 0 fully saturated rings. The van der Waals surface area contributed by atoms with Crippen LogP contribution in [0.3, 0.4) is 0 Å². The van der Waals surface area contributed by atoms with E-state index >= 15 is 0 Å². The van der Waals surface area contributed by atoms with Gasteiger partial charge >= 0.3 is 0 Å². The van der Waals surface area contributed by atoms with Gasteiger partial charge in [0.1, 0.15) is 36.4 Å². The van der Waals surface area contributed by atoms with Crippen LogP contribution in [-0.2, 0) is 39.6 Å². The second kappa shape index (κ2) is 16.2. The number of nitrogens with zero attached hydrogens (tertiary/aromatic N) is 2. The van der Waals surface area contributed by atoms with Crippen molar-refractivity contribution in [3.05, 3.63) is 87.3 Å². The van der Waals surface area contributed by atoms with E-state index in [9.17, 15) is 14.0 Å². The molecule has 3 aromatic rings. The van der Waals surface area contributed by atoms with Crippen molar-refractivity contribution in [1.82, 2.24) is 14.9 Å². The van der Waals surface area contributed by atoms with Crippen molar-refractivity contribution in [2.75, 3.05) is 26.9 Å². The summed E-state index contributed by atoms with van der Waals surface area (Å²) in [5.41, 5.74) is 0.00724. The maximum absolute atomic E-state index is 13.6. The summed E-state index contributed by atoms with van der Waals surface area (Å²) in [5.74, 6) is -0.477. The Morgan fingerprint density at radius 3 is 2.44 bits per heavy atom. The van der Waals surface area contributed by atoms with E-state index in [-0.39, 0.29) is 24.6 Å². The Morgan fingerprint density at radius 2 is 1.80 bits per heavy atom. The number of carbonyl (C=O) groups excluding carboxylic acids is 2. The zero-order chi connectivity index (χ0) is 30.4. The molecule has 2 heterocycles. The molecule has 11 heteroatoms. The van der Waals surface area contributed by atoms with Crippen molar-refractivity contribution in [1.29, 1.82) is 0 Å². The molecule has 1 N–H and O–H groups in total. The summed E-state index contributed by atoms with van der Waals surface area (Å²) in [7, 11) is 1.68. The first-order valence-corrected chi connectivity index (χ1v) is 13.1. The van der Waals surface area contributed by atoms with Gasteiger partial charge in [0.15, 0.2) is 5.69 Å². The monoisotopic (exact) mass is 571 g/mol. The van der Waals surface area contributed by atoms with Gasteiger partial charge in [0.2, 0.25) is 5.75 Å². The van der Waals surface area contributed by atoms with E-state index in [2.05, 4.69) is 15.0 Å². The molecule has 0 unspecified atom stereocenters. The minimum absolute atomic E-state index is 0.0482. The van der Waals surface area contributed by atoms with E-state index in [1.54, 1.807) is 33.9 Å². The molecular weight excluding hydrogens is 533 g/mol. The zero-order valence-corrected chi connectivity index (χ0v) is 24.2. The molecule has 41 heavy (non-hydrogen) atoms. The lowest BCUT2D eigenvalue weighted by Gasteiger charge is -2.32. The number of hydrogen-bond donors (Lipinski definition) is 1. The molecule has 0 saturated heterocycles. The van der Waals surface area contributed by atoms with Gasteiger partial charge in [0.05, 0.1) is 19.8 Å². The molecule has 1 aromatic heterocycles. The number of carbonyl (C=O) groups is 2. The minimum Gasteiger partial charge on any atom is -0.493 e. The average Bonchev–Trinajstić information content (AvgIpc) is 2.98. The number of methoxy groups -OCH3 is 1. The Kier molecular flexibility index (Phi) is 13.1. The van der Waals surface area contributed by atoms with Crippen LogP contribution >= 0.6 is 0 Å². The predicted molar refractivity (Wildman–Crippen MR) is 152 cm³/mol. The van der Waals surface area contributed by atoms with Crippen molar-refractivity contribution in [2.24, 2.45) is 0 Å². The van der Waals surface area contributed by atoms with Gasteiger partial charge in [0.25, 0.3) is 11.5 Å². The molecular formula is C30H38FN3O7. The number of nitrogens with one attached hydrogen (secondary N) is 1. The Balaban J connectivity index is 0.000000902. The highest BCUT2D eigenvalue weighted by Crippen LogP contribution is 2.28. The summed E-state index contributed by atoms with van der Waals surface area (Å²) < 4.78 is 36.8. The quantitative estimate of drug-likeness (QED) is 0.409. The fraction of sp³-hybridized carbons (Fsp3) is 0.400. The number of aromatic nitrogens is 2. The highest BCUT2D eigenvalue weighted by molar-refractivity contribution is 5.94. The van der Waals surface area contributed by atoms with Gasteiger partial charge < -0.3 is 29.1 Å². The van der Waals surface area contributed by atoms with Gasteiger partial charge in [-0.3, -0.25) is 14.2 Å². The number of amides is 1. The van der Waals surface area contributed by atoms with Crippen LogP contribution in [0.1, 0.15) is 55.1 Å². The summed E-state index contributed by atoms with van der Waals surface area (Å²) in [5, 5.41) is 2.76. The van der Waals surface area contributed by atoms with Gasteiger partial charge in [-0.25, -0.2) is 9.37 Å². The van der Waals surface area contributed by atoms with Gasteiger partial charge in [0, 0.05) is 31.9 Å². The Hall–Kier alpha value is -4.09. The van der Waals surface area contributed by atoms with Crippen molar-refractivity contribution in [2.45, 2.75) is 53.0 Å². The lowest BCUT2D eigenvalue weighted by Crippen LogP contribution is -2.43. The van der Waals surface area contributed by atoms with Crippen LogP contribution in [0.4, 0.5) is 4.39 Å². The molecule has 222 valence electrons. The van der Waals surface area contributed by atoms with Gasteiger partial charge in [-0.2, -0.15) is 0 Å². The highest BCUT2D eigenvalue weighted by Gasteiger charge is 2.35. The third-order valence-electron chi connectivity index (χ3n) is 5.94. The third-order valence-corrected chi connectivity index (χ3v) is 5.94. The standard InChI is InChI=1S/C26H28FN3O5.C3H8O.CH2O/c1-4-33-20-14-19(27)11-10-18(20)15-28-23(31)21-22(34-16-17-8-6-5-7-9-17)24(32)30-12-13-35-26(2,3)25(30)29-21;1-3-4-2;1-2/h5-11,14H,4,12-13,15-16H2,1-3H3,(H,28,31);3H2,1-2H3;1H2. The second-order valence-corrected chi connectivity index (χ2v) is 9.15. The lowest BCUT2D eigenvalue weighted by atomic mass is 10.1. The normalized spacial score (nSPS) is 12.9. The maximum atomic E-state index is 13.6. The van der Waals surface area contributed by atoms with Crippen LogP contribution in [0, 0.1) is 5.82 Å². The summed E-state index contributed by atoms with van der Waals surface area (Å²) in [4.78, 5) is 39.2. The Bertz CT molecular complexity index is 1330. The molecule has 0 atom stereocenters. The summed E-state index contributed by atoms with van der Waals surface area (Å²) in [6.45, 7) is 11.3. The SMILES string of the molecule is C=O.CCOC.CCOc1cc(F)ccc1CNC(=O)c1nc2n(c(=O)c1OCc1ccccc1)CCOC2(C)C. The molecule has 1 aliphatic heterocycles. The van der Waals surface area contributed by atoms with Gasteiger partial charge in [-0.05, 0) is 39.3 Å². The fourth-order valence-electron chi connectivity index (χ4n) is 3.90. The fourth-order valence-corrected chi connectivity index (χ4v) is 3.90. The van der Waals surface area contributed by atoms with Crippen LogP contribution < -0.4 is 20.3 Å². The third kappa shape index (κ3) is 8.95. The molecule has 2 aromatic carbocycles. The number of fused-ring (bicyclic) bond motifs is 1. The van der Waals surface area contributed by atoms with Crippen LogP contribution in [0.2, 0.25) is 0 Å². The van der Waals surface area contributed by atoms with E-state index in [1.165, 1.54) is 16.7 Å². The Morgan fingerprint density at radius 1 is 1.12 bits per heavy atom. The van der Waals surface area contributed by atoms with Crippen LogP contribution in [0.25, 0.3) is 0 Å². The predicted octanol–water partition coefficient (Wildman–Crippen LogP) is 4.02. The molecule has 0 bridgehead atoms. The average molecular weight is 572 g/mol. The molecule has 0 aliphatic carbocycles. The second-order valence-electron chi connectivity index (χ2n) is 9.15. The first-order chi connectivity index (χ1) is 19.7. The molecule has 10 nitrogen and oxygen atoms in total. The summed E-state index contributed by atoms with van der Waals surface area (Å²) in [6, 6.07) is 13.4. The number of benzene rings is 2. The number of halogens is 1. The maximum Gasteiger partial charge on any atom is 0.296 e. The molecule has 4 rings (SSSR count). The van der Waals surface area contributed by atoms with Crippen molar-refractivity contribution in [3.63, 3.8) is 0 Å². The largest absolute Gasteiger partial charge is 0.493 e. The topological polar surface area (TPSA) is 118 Å². The molecule has 1 amide bonds. The lowest BCUT2D eigenvalue weighted by molar-refractivity contribution is -0.0980. The number of ether oxygens (including phenoxy) is 4. The van der Waals surface area contributed by atoms with Crippen LogP contribution in [0.5, 0.6) is 11.5 Å². The summed E-state index contributed by atoms with van der Waals surface area (Å²) in [6.07, 6.45) is 0. The van der Waals surface area contributed by atoms with Crippen molar-refractivity contribution < 1.29 is 32.9 Å². The van der Waals surface area contributed by atoms with E-state index in [0.717, 1.165) is 12.2 Å². The van der Waals surface area contributed by atoms with Crippen LogP contribution in [-0.4, -0.2) is 49.2 Å². The first kappa shape index (κ1) is 33.1. The molecule has 0 saturated carbocycles. The smallest absolute Gasteiger partial charge is 0.296 e. The molecule has 0 radical (unpaired) electrons. The summed E-state index contributed by atoms with van der Waals surface area (Å²) >= 11 is 0. The van der Waals surface area contributed by atoms with Gasteiger partial charge in [-0.15, -0.1) is 0 Å². The van der Waals surface area contributed by atoms with E-state index in [4.69, 9.17) is 19.0 Å². The number of rotatable bonds is 9. The van der Waals surface area contributed by atoms with Gasteiger partial charge in [-0.1, -0.05) is 36.4 Å². The first-order valence-electron chi connectivity index (χ1n) is 13.1. The van der Waals surface area contributed by atoms with E-state index in [0.29, 0.717) is 36.9 Å². The van der Waals surface area contributed by atoms with Crippen LogP contribution in [0.15, 0.2) is 53.3 Å². The van der Waals surface area contributed by atoms with Crippen molar-refractivity contribution in [3.8, 4) is 11.5 Å². The molecule has 0 spiro atoms. The van der Waals surface area contributed by atoms with Crippen molar-refractivity contribution >= 4 is 12.7 Å². The highest BCUT2D eigenvalue weighted by atomic mass is 19.1. The minimum atomic E-state index is -0.858. The Labute approximate surface area is 239 Å². The molecule has 1 aliphatic rings. The van der Waals surface area contributed by atoms with E-state index in [1.807, 2.05) is 44.0 Å². The zero-order valence-electron chi connectivity index (χ0n) is 24.2.